The van der Waals surface area contributed by atoms with Crippen LogP contribution in [-0.2, 0) is 23.8 Å². The molecule has 7 heteroatoms. The van der Waals surface area contributed by atoms with Crippen LogP contribution in [0.5, 0.6) is 0 Å². The molecule has 2 aromatic rings. The first kappa shape index (κ1) is 20.4. The number of ether oxygens (including phenoxy) is 3. The van der Waals surface area contributed by atoms with Crippen molar-refractivity contribution in [3.05, 3.63) is 53.3 Å². The third kappa shape index (κ3) is 4.93. The Balaban J connectivity index is 1.78. The molecule has 1 aromatic heterocycles. The van der Waals surface area contributed by atoms with Gasteiger partial charge in [0, 0.05) is 25.5 Å². The Morgan fingerprint density at radius 2 is 1.83 bits per heavy atom. The maximum Gasteiger partial charge on any atom is 0.348 e. The first-order valence-electron chi connectivity index (χ1n) is 9.35. The van der Waals surface area contributed by atoms with E-state index in [2.05, 4.69) is 0 Å². The minimum absolute atomic E-state index is 0.251. The van der Waals surface area contributed by atoms with E-state index in [1.54, 1.807) is 36.4 Å². The Bertz CT molecular complexity index is 943. The van der Waals surface area contributed by atoms with Crippen LogP contribution in [0, 0.1) is 0 Å². The Kier molecular flexibility index (Phi) is 5.87. The molecule has 1 fully saturated rings. The fourth-order valence-corrected chi connectivity index (χ4v) is 2.70. The second-order valence-corrected chi connectivity index (χ2v) is 7.01. The van der Waals surface area contributed by atoms with Crippen LogP contribution in [0.3, 0.4) is 0 Å². The SMILES string of the molecule is CCCCOC(=O)c1cccc(-c2ccc(C=C3C(=O)OC(C)(C)OC3=O)o2)c1. The number of rotatable bonds is 6. The molecule has 29 heavy (non-hydrogen) atoms. The summed E-state index contributed by atoms with van der Waals surface area (Å²) in [5.41, 5.74) is 0.824. The second-order valence-electron chi connectivity index (χ2n) is 7.01. The highest BCUT2D eigenvalue weighted by Gasteiger charge is 2.39. The summed E-state index contributed by atoms with van der Waals surface area (Å²) in [4.78, 5) is 36.2. The molecule has 0 amide bonds. The normalized spacial score (nSPS) is 15.5. The number of cyclic esters (lactones) is 2. The lowest BCUT2D eigenvalue weighted by molar-refractivity contribution is -0.222. The number of hydrogen-bond donors (Lipinski definition) is 0. The number of furan rings is 1. The van der Waals surface area contributed by atoms with Crippen LogP contribution < -0.4 is 0 Å². The molecule has 7 nitrogen and oxygen atoms in total. The van der Waals surface area contributed by atoms with Crippen LogP contribution in [0.15, 0.2) is 46.4 Å². The number of carbonyl (C=O) groups is 3. The molecule has 2 heterocycles. The van der Waals surface area contributed by atoms with Crippen molar-refractivity contribution in [3.8, 4) is 11.3 Å². The van der Waals surface area contributed by atoms with Gasteiger partial charge >= 0.3 is 17.9 Å². The maximum atomic E-state index is 12.1. The Morgan fingerprint density at radius 1 is 1.10 bits per heavy atom. The quantitative estimate of drug-likeness (QED) is 0.313. The third-order valence-corrected chi connectivity index (χ3v) is 4.14. The van der Waals surface area contributed by atoms with Crippen molar-refractivity contribution in [2.24, 2.45) is 0 Å². The van der Waals surface area contributed by atoms with Gasteiger partial charge in [-0.2, -0.15) is 0 Å². The predicted molar refractivity (Wildman–Crippen MR) is 104 cm³/mol. The molecule has 0 spiro atoms. The van der Waals surface area contributed by atoms with Crippen LogP contribution in [0.4, 0.5) is 0 Å². The largest absolute Gasteiger partial charge is 0.462 e. The molecule has 3 rings (SSSR count). The van der Waals surface area contributed by atoms with Gasteiger partial charge in [-0.25, -0.2) is 14.4 Å². The standard InChI is InChI=1S/C22H22O7/c1-4-5-11-26-19(23)15-8-6-7-14(12-15)18-10-9-16(27-18)13-17-20(24)28-22(2,3)29-21(17)25/h6-10,12-13H,4-5,11H2,1-3H3. The van der Waals surface area contributed by atoms with Crippen LogP contribution in [0.25, 0.3) is 17.4 Å². The van der Waals surface area contributed by atoms with E-state index >= 15 is 0 Å². The van der Waals surface area contributed by atoms with E-state index in [-0.39, 0.29) is 11.3 Å². The number of esters is 3. The fraction of sp³-hybridized carbons (Fsp3) is 0.318. The van der Waals surface area contributed by atoms with Crippen molar-refractivity contribution in [2.75, 3.05) is 6.61 Å². The topological polar surface area (TPSA) is 92.0 Å². The zero-order chi connectivity index (χ0) is 21.0. The number of benzene rings is 1. The summed E-state index contributed by atoms with van der Waals surface area (Å²) in [6.45, 7) is 5.35. The minimum Gasteiger partial charge on any atom is -0.462 e. The summed E-state index contributed by atoms with van der Waals surface area (Å²) in [5, 5.41) is 0. The van der Waals surface area contributed by atoms with Gasteiger partial charge in [0.2, 0.25) is 0 Å². The fourth-order valence-electron chi connectivity index (χ4n) is 2.70. The molecule has 0 unspecified atom stereocenters. The minimum atomic E-state index is -1.30. The molecule has 0 aliphatic carbocycles. The number of unbranched alkanes of at least 4 members (excludes halogenated alkanes) is 1. The van der Waals surface area contributed by atoms with Crippen LogP contribution in [0.1, 0.15) is 49.7 Å². The van der Waals surface area contributed by atoms with Crippen molar-refractivity contribution in [3.63, 3.8) is 0 Å². The average molecular weight is 398 g/mol. The van der Waals surface area contributed by atoms with Gasteiger partial charge in [0.1, 0.15) is 17.1 Å². The highest BCUT2D eigenvalue weighted by Crippen LogP contribution is 2.27. The number of hydrogen-bond acceptors (Lipinski definition) is 7. The lowest BCUT2D eigenvalue weighted by Gasteiger charge is -2.29. The average Bonchev–Trinajstić information content (AvgIpc) is 3.13. The van der Waals surface area contributed by atoms with Gasteiger partial charge in [-0.05, 0) is 30.7 Å². The molecule has 0 saturated carbocycles. The van der Waals surface area contributed by atoms with E-state index in [4.69, 9.17) is 18.6 Å². The molecule has 0 bridgehead atoms. The summed E-state index contributed by atoms with van der Waals surface area (Å²) in [6, 6.07) is 10.1. The highest BCUT2D eigenvalue weighted by atomic mass is 16.7. The van der Waals surface area contributed by atoms with Crippen molar-refractivity contribution in [1.29, 1.82) is 0 Å². The molecule has 1 saturated heterocycles. The van der Waals surface area contributed by atoms with Gasteiger partial charge in [0.15, 0.2) is 0 Å². The van der Waals surface area contributed by atoms with Crippen molar-refractivity contribution in [2.45, 2.75) is 39.4 Å². The lowest BCUT2D eigenvalue weighted by atomic mass is 10.1. The molecule has 0 atom stereocenters. The van der Waals surface area contributed by atoms with Crippen LogP contribution >= 0.6 is 0 Å². The second kappa shape index (κ2) is 8.34. The summed E-state index contributed by atoms with van der Waals surface area (Å²) in [7, 11) is 0. The predicted octanol–water partition coefficient (Wildman–Crippen LogP) is 4.12. The third-order valence-electron chi connectivity index (χ3n) is 4.14. The van der Waals surface area contributed by atoms with Crippen molar-refractivity contribution in [1.82, 2.24) is 0 Å². The van der Waals surface area contributed by atoms with E-state index < -0.39 is 23.7 Å². The molecule has 1 aliphatic heterocycles. The first-order valence-corrected chi connectivity index (χ1v) is 9.35. The zero-order valence-corrected chi connectivity index (χ0v) is 16.5. The van der Waals surface area contributed by atoms with E-state index in [1.165, 1.54) is 19.9 Å². The Hall–Kier alpha value is -3.35. The summed E-state index contributed by atoms with van der Waals surface area (Å²) < 4.78 is 21.1. The molecule has 0 N–H and O–H groups in total. The molecular weight excluding hydrogens is 376 g/mol. The molecule has 0 radical (unpaired) electrons. The van der Waals surface area contributed by atoms with Gasteiger partial charge < -0.3 is 18.6 Å². The monoisotopic (exact) mass is 398 g/mol. The molecule has 152 valence electrons. The molecular formula is C22H22O7. The van der Waals surface area contributed by atoms with Crippen LogP contribution in [-0.4, -0.2) is 30.3 Å². The van der Waals surface area contributed by atoms with Gasteiger partial charge in [-0.1, -0.05) is 25.5 Å². The van der Waals surface area contributed by atoms with Gasteiger partial charge in [0.25, 0.3) is 5.79 Å². The van der Waals surface area contributed by atoms with E-state index in [0.717, 1.165) is 12.8 Å². The van der Waals surface area contributed by atoms with E-state index in [1.807, 2.05) is 6.92 Å². The molecule has 1 aliphatic rings. The van der Waals surface area contributed by atoms with Gasteiger partial charge in [0.05, 0.1) is 12.2 Å². The Morgan fingerprint density at radius 3 is 2.52 bits per heavy atom. The zero-order valence-electron chi connectivity index (χ0n) is 16.5. The number of carbonyl (C=O) groups excluding carboxylic acids is 3. The summed E-state index contributed by atoms with van der Waals surface area (Å²) in [5.74, 6) is -2.50. The summed E-state index contributed by atoms with van der Waals surface area (Å²) >= 11 is 0. The van der Waals surface area contributed by atoms with Crippen molar-refractivity contribution >= 4 is 24.0 Å². The van der Waals surface area contributed by atoms with Crippen LogP contribution in [0.2, 0.25) is 0 Å². The van der Waals surface area contributed by atoms with Crippen molar-refractivity contribution < 1.29 is 33.0 Å². The van der Waals surface area contributed by atoms with E-state index in [9.17, 15) is 14.4 Å². The van der Waals surface area contributed by atoms with Gasteiger partial charge in [-0.15, -0.1) is 0 Å². The molecule has 1 aromatic carbocycles. The van der Waals surface area contributed by atoms with E-state index in [0.29, 0.717) is 23.5 Å². The first-order chi connectivity index (χ1) is 13.8. The van der Waals surface area contributed by atoms with Gasteiger partial charge in [-0.3, -0.25) is 0 Å². The smallest absolute Gasteiger partial charge is 0.348 e. The summed E-state index contributed by atoms with van der Waals surface area (Å²) in [6.07, 6.45) is 3.02. The highest BCUT2D eigenvalue weighted by molar-refractivity contribution is 6.18. The Labute approximate surface area is 168 Å². The maximum absolute atomic E-state index is 12.1. The lowest BCUT2D eigenvalue weighted by Crippen LogP contribution is -2.41.